The number of esters is 1. The quantitative estimate of drug-likeness (QED) is 0.442. The minimum atomic E-state index is -1.02. The van der Waals surface area contributed by atoms with Gasteiger partial charge in [0.15, 0.2) is 10.9 Å². The number of carbonyl (C=O) groups is 2. The largest absolute Gasteiger partial charge is 0.443 e. The summed E-state index contributed by atoms with van der Waals surface area (Å²) in [5.74, 6) is -0.966. The van der Waals surface area contributed by atoms with Gasteiger partial charge in [0.1, 0.15) is 0 Å². The number of rotatable bonds is 5. The minimum absolute atomic E-state index is 0.0406. The van der Waals surface area contributed by atoms with Crippen molar-refractivity contribution >= 4 is 35.2 Å². The predicted molar refractivity (Wildman–Crippen MR) is 99.2 cm³/mol. The Bertz CT molecular complexity index is 798. The number of hydrogen-bond acceptors (Lipinski definition) is 6. The molecule has 1 aliphatic rings. The SMILES string of the molecule is CSc1ncc(Cl)c(C(=O)O[C@H](C(=O)N2CCCC2)c2ccccc2)n1. The molecule has 1 fully saturated rings. The number of carbonyl (C=O) groups excluding carboxylic acids is 2. The maximum Gasteiger partial charge on any atom is 0.359 e. The van der Waals surface area contributed by atoms with E-state index in [2.05, 4.69) is 9.97 Å². The third-order valence-electron chi connectivity index (χ3n) is 4.07. The normalized spacial score (nSPS) is 14.9. The molecule has 1 saturated heterocycles. The summed E-state index contributed by atoms with van der Waals surface area (Å²) in [4.78, 5) is 35.4. The van der Waals surface area contributed by atoms with E-state index in [-0.39, 0.29) is 16.6 Å². The van der Waals surface area contributed by atoms with E-state index < -0.39 is 12.1 Å². The van der Waals surface area contributed by atoms with E-state index in [4.69, 9.17) is 16.3 Å². The molecule has 0 spiro atoms. The first-order chi connectivity index (χ1) is 12.6. The fourth-order valence-electron chi connectivity index (χ4n) is 2.75. The zero-order valence-corrected chi connectivity index (χ0v) is 15.8. The number of thioether (sulfide) groups is 1. The summed E-state index contributed by atoms with van der Waals surface area (Å²) in [7, 11) is 0. The van der Waals surface area contributed by atoms with Crippen LogP contribution in [0.1, 0.15) is 35.0 Å². The highest BCUT2D eigenvalue weighted by Crippen LogP contribution is 2.25. The van der Waals surface area contributed by atoms with Crippen molar-refractivity contribution in [3.63, 3.8) is 0 Å². The zero-order valence-electron chi connectivity index (χ0n) is 14.2. The Labute approximate surface area is 160 Å². The summed E-state index contributed by atoms with van der Waals surface area (Å²) >= 11 is 7.34. The van der Waals surface area contributed by atoms with E-state index in [9.17, 15) is 9.59 Å². The molecular weight excluding hydrogens is 374 g/mol. The standard InChI is InChI=1S/C18H18ClN3O3S/c1-26-18-20-11-13(19)14(21-18)17(24)25-15(12-7-3-2-4-8-12)16(23)22-9-5-6-10-22/h2-4,7-8,11,15H,5-6,9-10H2,1H3/t15-/m0/s1. The van der Waals surface area contributed by atoms with Crippen LogP contribution in [0.25, 0.3) is 0 Å². The van der Waals surface area contributed by atoms with Gasteiger partial charge < -0.3 is 9.64 Å². The average Bonchev–Trinajstić information content (AvgIpc) is 3.21. The smallest absolute Gasteiger partial charge is 0.359 e. The van der Waals surface area contributed by atoms with Crippen molar-refractivity contribution in [2.24, 2.45) is 0 Å². The summed E-state index contributed by atoms with van der Waals surface area (Å²) in [6.45, 7) is 1.34. The summed E-state index contributed by atoms with van der Waals surface area (Å²) in [6, 6.07) is 8.98. The molecular formula is C18H18ClN3O3S. The summed E-state index contributed by atoms with van der Waals surface area (Å²) < 4.78 is 5.56. The third-order valence-corrected chi connectivity index (χ3v) is 4.91. The number of nitrogens with zero attached hydrogens (tertiary/aromatic N) is 3. The Morgan fingerprint density at radius 3 is 2.58 bits per heavy atom. The Hall–Kier alpha value is -2.12. The maximum absolute atomic E-state index is 12.9. The van der Waals surface area contributed by atoms with Gasteiger partial charge in [-0.15, -0.1) is 0 Å². The number of aromatic nitrogens is 2. The molecule has 0 saturated carbocycles. The van der Waals surface area contributed by atoms with E-state index in [1.807, 2.05) is 6.07 Å². The van der Waals surface area contributed by atoms with Gasteiger partial charge >= 0.3 is 5.97 Å². The van der Waals surface area contributed by atoms with Crippen molar-refractivity contribution < 1.29 is 14.3 Å². The van der Waals surface area contributed by atoms with Gasteiger partial charge in [0.2, 0.25) is 6.10 Å². The molecule has 3 rings (SSSR count). The van der Waals surface area contributed by atoms with Crippen LogP contribution in [-0.2, 0) is 9.53 Å². The number of hydrogen-bond donors (Lipinski definition) is 0. The summed E-state index contributed by atoms with van der Waals surface area (Å²) in [5.41, 5.74) is 0.578. The fraction of sp³-hybridized carbons (Fsp3) is 0.333. The first kappa shape index (κ1) is 18.7. The number of ether oxygens (including phenoxy) is 1. The predicted octanol–water partition coefficient (Wildman–Crippen LogP) is 3.37. The van der Waals surface area contributed by atoms with Crippen LogP contribution in [0.15, 0.2) is 41.7 Å². The second-order valence-corrected chi connectivity index (χ2v) is 6.96. The zero-order chi connectivity index (χ0) is 18.5. The molecule has 136 valence electrons. The van der Waals surface area contributed by atoms with Crippen molar-refractivity contribution in [3.8, 4) is 0 Å². The van der Waals surface area contributed by atoms with Crippen LogP contribution >= 0.6 is 23.4 Å². The monoisotopic (exact) mass is 391 g/mol. The third kappa shape index (κ3) is 4.16. The molecule has 2 heterocycles. The van der Waals surface area contributed by atoms with Gasteiger partial charge in [-0.1, -0.05) is 53.7 Å². The Balaban J connectivity index is 1.88. The molecule has 2 aromatic rings. The number of halogens is 1. The van der Waals surface area contributed by atoms with Crippen molar-refractivity contribution in [3.05, 3.63) is 52.8 Å². The molecule has 0 unspecified atom stereocenters. The lowest BCUT2D eigenvalue weighted by Gasteiger charge is -2.23. The topological polar surface area (TPSA) is 72.4 Å². The molecule has 6 nitrogen and oxygen atoms in total. The van der Waals surface area contributed by atoms with E-state index >= 15 is 0 Å². The molecule has 0 radical (unpaired) electrons. The Morgan fingerprint density at radius 2 is 1.92 bits per heavy atom. The molecule has 8 heteroatoms. The van der Waals surface area contributed by atoms with Gasteiger partial charge in [0, 0.05) is 18.7 Å². The molecule has 0 aliphatic carbocycles. The lowest BCUT2D eigenvalue weighted by Crippen LogP contribution is -2.35. The maximum atomic E-state index is 12.9. The van der Waals surface area contributed by atoms with Gasteiger partial charge in [0.25, 0.3) is 5.91 Å². The molecule has 1 aromatic heterocycles. The second-order valence-electron chi connectivity index (χ2n) is 5.78. The molecule has 26 heavy (non-hydrogen) atoms. The van der Waals surface area contributed by atoms with Crippen LogP contribution in [0, 0.1) is 0 Å². The summed E-state index contributed by atoms with van der Waals surface area (Å²) in [6.07, 6.45) is 4.04. The van der Waals surface area contributed by atoms with E-state index in [0.29, 0.717) is 23.8 Å². The van der Waals surface area contributed by atoms with E-state index in [0.717, 1.165) is 12.8 Å². The van der Waals surface area contributed by atoms with Gasteiger partial charge in [0.05, 0.1) is 11.2 Å². The molecule has 1 aromatic carbocycles. The van der Waals surface area contributed by atoms with E-state index in [1.165, 1.54) is 18.0 Å². The second kappa shape index (κ2) is 8.51. The minimum Gasteiger partial charge on any atom is -0.443 e. The van der Waals surface area contributed by atoms with Crippen molar-refractivity contribution in [1.82, 2.24) is 14.9 Å². The van der Waals surface area contributed by atoms with Crippen LogP contribution in [0.5, 0.6) is 0 Å². The number of likely N-dealkylation sites (tertiary alicyclic amines) is 1. The summed E-state index contributed by atoms with van der Waals surface area (Å²) in [5, 5.41) is 0.497. The Kier molecular flexibility index (Phi) is 6.11. The Morgan fingerprint density at radius 1 is 1.23 bits per heavy atom. The van der Waals surface area contributed by atoms with Crippen LogP contribution in [0.4, 0.5) is 0 Å². The highest BCUT2D eigenvalue weighted by atomic mass is 35.5. The van der Waals surface area contributed by atoms with Gasteiger partial charge in [-0.3, -0.25) is 4.79 Å². The highest BCUT2D eigenvalue weighted by molar-refractivity contribution is 7.98. The molecule has 0 N–H and O–H groups in total. The van der Waals surface area contributed by atoms with Crippen LogP contribution in [0.3, 0.4) is 0 Å². The van der Waals surface area contributed by atoms with Crippen LogP contribution in [-0.4, -0.2) is 46.1 Å². The average molecular weight is 392 g/mol. The lowest BCUT2D eigenvalue weighted by molar-refractivity contribution is -0.140. The van der Waals surface area contributed by atoms with E-state index in [1.54, 1.807) is 35.4 Å². The molecule has 0 bridgehead atoms. The van der Waals surface area contributed by atoms with Crippen molar-refractivity contribution in [2.75, 3.05) is 19.3 Å². The first-order valence-electron chi connectivity index (χ1n) is 8.21. The molecule has 1 amide bonds. The lowest BCUT2D eigenvalue weighted by atomic mass is 10.1. The molecule has 1 aliphatic heterocycles. The first-order valence-corrected chi connectivity index (χ1v) is 9.81. The van der Waals surface area contributed by atoms with Crippen LogP contribution in [0.2, 0.25) is 5.02 Å². The van der Waals surface area contributed by atoms with Crippen LogP contribution < -0.4 is 0 Å². The van der Waals surface area contributed by atoms with Gasteiger partial charge in [-0.25, -0.2) is 14.8 Å². The fourth-order valence-corrected chi connectivity index (χ4v) is 3.26. The molecule has 1 atom stereocenters. The van der Waals surface area contributed by atoms with Crippen molar-refractivity contribution in [1.29, 1.82) is 0 Å². The number of benzene rings is 1. The van der Waals surface area contributed by atoms with Gasteiger partial charge in [-0.05, 0) is 19.1 Å². The van der Waals surface area contributed by atoms with Crippen molar-refractivity contribution in [2.45, 2.75) is 24.1 Å². The highest BCUT2D eigenvalue weighted by Gasteiger charge is 2.32. The number of amides is 1. The van der Waals surface area contributed by atoms with Gasteiger partial charge in [-0.2, -0.15) is 0 Å².